The minimum atomic E-state index is -0.822. The van der Waals surface area contributed by atoms with Crippen molar-refractivity contribution in [1.82, 2.24) is 14.8 Å². The van der Waals surface area contributed by atoms with Crippen LogP contribution in [0.5, 0.6) is 5.75 Å². The fourth-order valence-electron chi connectivity index (χ4n) is 6.32. The van der Waals surface area contributed by atoms with Gasteiger partial charge in [0.1, 0.15) is 23.8 Å². The molecule has 2 unspecified atom stereocenters. The molecule has 4 heterocycles. The molecule has 1 fully saturated rings. The maximum Gasteiger partial charge on any atom is 0.274 e. The SMILES string of the molecule is CC1=NO[C@]2(CC[C@H](C)N3CC2n2cc(C(=O)NCc4ccc(F)cc4F)c(=O)c(OCc4ccccc4)c2C3=O)C1C. The molecule has 6 rings (SSSR count). The number of oxime groups is 1. The summed E-state index contributed by atoms with van der Waals surface area (Å²) >= 11 is 0. The summed E-state index contributed by atoms with van der Waals surface area (Å²) in [5, 5.41) is 6.88. The van der Waals surface area contributed by atoms with Gasteiger partial charge in [-0.2, -0.15) is 0 Å². The van der Waals surface area contributed by atoms with Gasteiger partial charge in [-0.1, -0.05) is 48.5 Å². The Labute approximate surface area is 247 Å². The number of halogens is 2. The number of nitrogens with zero attached hydrogens (tertiary/aromatic N) is 3. The van der Waals surface area contributed by atoms with Crippen molar-refractivity contribution in [2.45, 2.75) is 64.4 Å². The molecule has 0 radical (unpaired) electrons. The zero-order chi connectivity index (χ0) is 30.5. The van der Waals surface area contributed by atoms with Crippen molar-refractivity contribution >= 4 is 17.5 Å². The number of nitrogens with one attached hydrogen (secondary N) is 1. The quantitative estimate of drug-likeness (QED) is 0.453. The lowest BCUT2D eigenvalue weighted by Gasteiger charge is -2.43. The third kappa shape index (κ3) is 4.86. The predicted octanol–water partition coefficient (Wildman–Crippen LogP) is 4.60. The fraction of sp³-hybridized carbons (Fsp3) is 0.375. The molecule has 0 saturated carbocycles. The first-order valence-corrected chi connectivity index (χ1v) is 14.3. The van der Waals surface area contributed by atoms with Gasteiger partial charge in [-0.05, 0) is 38.3 Å². The lowest BCUT2D eigenvalue weighted by Crippen LogP contribution is -2.54. The van der Waals surface area contributed by atoms with Crippen molar-refractivity contribution < 1.29 is 27.9 Å². The van der Waals surface area contributed by atoms with Crippen LogP contribution in [0.4, 0.5) is 8.78 Å². The number of rotatable bonds is 6. The Balaban J connectivity index is 1.47. The summed E-state index contributed by atoms with van der Waals surface area (Å²) in [4.78, 5) is 49.4. The van der Waals surface area contributed by atoms with E-state index in [4.69, 9.17) is 9.57 Å². The van der Waals surface area contributed by atoms with Gasteiger partial charge >= 0.3 is 0 Å². The van der Waals surface area contributed by atoms with Crippen LogP contribution in [0.3, 0.4) is 0 Å². The van der Waals surface area contributed by atoms with E-state index in [2.05, 4.69) is 10.5 Å². The normalized spacial score (nSPS) is 24.2. The van der Waals surface area contributed by atoms with E-state index in [1.54, 1.807) is 9.47 Å². The van der Waals surface area contributed by atoms with Crippen LogP contribution in [0, 0.1) is 17.6 Å². The number of carbonyl (C=O) groups is 2. The third-order valence-electron chi connectivity index (χ3n) is 9.05. The molecule has 3 aromatic rings. The highest BCUT2D eigenvalue weighted by Gasteiger charge is 2.57. The predicted molar refractivity (Wildman–Crippen MR) is 154 cm³/mol. The molecule has 1 aromatic heterocycles. The van der Waals surface area contributed by atoms with Crippen LogP contribution in [0.2, 0.25) is 0 Å². The number of carbonyl (C=O) groups excluding carboxylic acids is 2. The average Bonchev–Trinajstić information content (AvgIpc) is 3.20. The number of hydrogen-bond donors (Lipinski definition) is 1. The van der Waals surface area contributed by atoms with Crippen molar-refractivity contribution in [2.75, 3.05) is 6.54 Å². The molecule has 0 aliphatic carbocycles. The highest BCUT2D eigenvalue weighted by molar-refractivity contribution is 5.99. The van der Waals surface area contributed by atoms with Gasteiger partial charge < -0.3 is 24.4 Å². The van der Waals surface area contributed by atoms with Crippen molar-refractivity contribution in [3.05, 3.63) is 99.0 Å². The molecular weight excluding hydrogens is 558 g/mol. The molecule has 224 valence electrons. The average molecular weight is 591 g/mol. The molecule has 1 saturated heterocycles. The Morgan fingerprint density at radius 2 is 1.93 bits per heavy atom. The van der Waals surface area contributed by atoms with Gasteiger partial charge in [0, 0.05) is 42.9 Å². The Bertz CT molecular complexity index is 1690. The second kappa shape index (κ2) is 10.9. The first-order chi connectivity index (χ1) is 20.6. The topological polar surface area (TPSA) is 102 Å². The third-order valence-corrected chi connectivity index (χ3v) is 9.05. The molecule has 43 heavy (non-hydrogen) atoms. The highest BCUT2D eigenvalue weighted by Crippen LogP contribution is 2.48. The first kappa shape index (κ1) is 28.6. The van der Waals surface area contributed by atoms with E-state index < -0.39 is 34.6 Å². The minimum absolute atomic E-state index is 0.0112. The number of aromatic nitrogens is 1. The van der Waals surface area contributed by atoms with Crippen molar-refractivity contribution in [3.8, 4) is 5.75 Å². The molecule has 3 aliphatic heterocycles. The summed E-state index contributed by atoms with van der Waals surface area (Å²) in [6.07, 6.45) is 2.64. The molecule has 3 aliphatic rings. The summed E-state index contributed by atoms with van der Waals surface area (Å²) in [5.41, 5.74) is -0.165. The number of hydrogen-bond acceptors (Lipinski definition) is 6. The number of benzene rings is 2. The van der Waals surface area contributed by atoms with Crippen molar-refractivity contribution in [3.63, 3.8) is 0 Å². The lowest BCUT2D eigenvalue weighted by atomic mass is 9.76. The Morgan fingerprint density at radius 3 is 2.63 bits per heavy atom. The molecule has 9 nitrogen and oxygen atoms in total. The van der Waals surface area contributed by atoms with Crippen molar-refractivity contribution in [1.29, 1.82) is 0 Å². The first-order valence-electron chi connectivity index (χ1n) is 14.3. The van der Waals surface area contributed by atoms with Crippen LogP contribution in [-0.4, -0.2) is 45.2 Å². The zero-order valence-electron chi connectivity index (χ0n) is 24.1. The smallest absolute Gasteiger partial charge is 0.274 e. The number of amides is 2. The Kier molecular flexibility index (Phi) is 7.27. The monoisotopic (exact) mass is 590 g/mol. The van der Waals surface area contributed by atoms with Gasteiger partial charge in [-0.3, -0.25) is 14.4 Å². The second-order valence-corrected chi connectivity index (χ2v) is 11.5. The molecule has 2 aromatic carbocycles. The summed E-state index contributed by atoms with van der Waals surface area (Å²) in [6, 6.07) is 11.6. The number of pyridine rings is 1. The summed E-state index contributed by atoms with van der Waals surface area (Å²) in [5.74, 6) is -3.06. The van der Waals surface area contributed by atoms with Crippen LogP contribution in [0.25, 0.3) is 0 Å². The van der Waals surface area contributed by atoms with Crippen molar-refractivity contribution in [2.24, 2.45) is 11.1 Å². The molecular formula is C32H32F2N4O5. The zero-order valence-corrected chi connectivity index (χ0v) is 24.1. The van der Waals surface area contributed by atoms with Crippen LogP contribution >= 0.6 is 0 Å². The second-order valence-electron chi connectivity index (χ2n) is 11.5. The maximum atomic E-state index is 14.3. The lowest BCUT2D eigenvalue weighted by molar-refractivity contribution is -0.0865. The van der Waals surface area contributed by atoms with Gasteiger partial charge in [0.25, 0.3) is 11.8 Å². The van der Waals surface area contributed by atoms with Gasteiger partial charge in [-0.25, -0.2) is 8.78 Å². The van der Waals surface area contributed by atoms with Gasteiger partial charge in [0.05, 0.1) is 11.8 Å². The minimum Gasteiger partial charge on any atom is -0.483 e. The summed E-state index contributed by atoms with van der Waals surface area (Å²) in [7, 11) is 0. The molecule has 11 heteroatoms. The van der Waals surface area contributed by atoms with Crippen LogP contribution in [-0.2, 0) is 18.0 Å². The highest BCUT2D eigenvalue weighted by atomic mass is 19.1. The Hall–Kier alpha value is -4.54. The maximum absolute atomic E-state index is 14.3. The largest absolute Gasteiger partial charge is 0.483 e. The summed E-state index contributed by atoms with van der Waals surface area (Å²) < 4.78 is 35.4. The van der Waals surface area contributed by atoms with E-state index in [0.29, 0.717) is 19.4 Å². The van der Waals surface area contributed by atoms with Crippen LogP contribution in [0.15, 0.2) is 64.7 Å². The van der Waals surface area contributed by atoms with E-state index in [-0.39, 0.29) is 53.6 Å². The van der Waals surface area contributed by atoms with Gasteiger partial charge in [0.2, 0.25) is 5.43 Å². The van der Waals surface area contributed by atoms with Gasteiger partial charge in [-0.15, -0.1) is 0 Å². The van der Waals surface area contributed by atoms with E-state index in [9.17, 15) is 23.2 Å². The summed E-state index contributed by atoms with van der Waals surface area (Å²) in [6.45, 7) is 5.90. The molecule has 1 N–H and O–H groups in total. The fourth-order valence-corrected chi connectivity index (χ4v) is 6.32. The molecule has 4 atom stereocenters. The van der Waals surface area contributed by atoms with E-state index in [1.165, 1.54) is 12.3 Å². The van der Waals surface area contributed by atoms with Gasteiger partial charge in [0.15, 0.2) is 17.0 Å². The molecule has 2 bridgehead atoms. The van der Waals surface area contributed by atoms with Crippen LogP contribution in [0.1, 0.15) is 71.6 Å². The molecule has 1 spiro atoms. The van der Waals surface area contributed by atoms with E-state index in [0.717, 1.165) is 23.4 Å². The molecule has 2 amide bonds. The Morgan fingerprint density at radius 1 is 1.16 bits per heavy atom. The standard InChI is InChI=1S/C32H32F2N4O5/c1-18-11-12-32(19(2)20(3)36-43-32)26-16-37(18)31(41)27-29(42-17-21-7-5-4-6-8-21)28(39)24(15-38(26)27)30(40)35-14-22-9-10-23(33)13-25(22)34/h4-10,13,15,18-19,26H,11-12,14,16-17H2,1-3H3,(H,35,40)/t18-,19?,26?,32+/m0/s1. The van der Waals surface area contributed by atoms with E-state index >= 15 is 0 Å². The van der Waals surface area contributed by atoms with E-state index in [1.807, 2.05) is 51.1 Å². The van der Waals surface area contributed by atoms with Crippen LogP contribution < -0.4 is 15.5 Å². The number of fused-ring (bicyclic) bond motifs is 5. The number of ether oxygens (including phenoxy) is 1.